The largest absolute Gasteiger partial charge is 0.365 e. The second kappa shape index (κ2) is 4.84. The van der Waals surface area contributed by atoms with Crippen molar-refractivity contribution in [1.82, 2.24) is 5.32 Å². The average Bonchev–Trinajstić information content (AvgIpc) is 2.30. The highest BCUT2D eigenvalue weighted by Gasteiger charge is 2.48. The van der Waals surface area contributed by atoms with Crippen LogP contribution in [0.2, 0.25) is 0 Å². The van der Waals surface area contributed by atoms with Crippen molar-refractivity contribution in [2.75, 3.05) is 13.2 Å². The smallest absolute Gasteiger partial charge is 0.242 e. The first-order valence-corrected chi connectivity index (χ1v) is 5.75. The van der Waals surface area contributed by atoms with Gasteiger partial charge < -0.3 is 10.1 Å². The quantitative estimate of drug-likeness (QED) is 0.788. The minimum absolute atomic E-state index is 0.0224. The van der Waals surface area contributed by atoms with Crippen molar-refractivity contribution in [3.05, 3.63) is 0 Å². The third-order valence-corrected chi connectivity index (χ3v) is 3.40. The summed E-state index contributed by atoms with van der Waals surface area (Å²) in [5.41, 5.74) is -2.00. The maximum atomic E-state index is 11.8. The van der Waals surface area contributed by atoms with Crippen LogP contribution in [0, 0.1) is 16.7 Å². The molecule has 0 saturated carbocycles. The van der Waals surface area contributed by atoms with Gasteiger partial charge in [-0.2, -0.15) is 5.26 Å². The normalized spacial score (nSPS) is 32.6. The molecule has 5 heteroatoms. The van der Waals surface area contributed by atoms with Crippen molar-refractivity contribution < 1.29 is 14.3 Å². The summed E-state index contributed by atoms with van der Waals surface area (Å²) in [4.78, 5) is 23.2. The van der Waals surface area contributed by atoms with Crippen molar-refractivity contribution in [3.8, 4) is 6.07 Å². The molecule has 0 aromatic rings. The molecule has 2 atom stereocenters. The molecule has 1 rings (SSSR count). The van der Waals surface area contributed by atoms with E-state index in [9.17, 15) is 14.9 Å². The summed E-state index contributed by atoms with van der Waals surface area (Å²) in [6.45, 7) is 5.42. The van der Waals surface area contributed by atoms with Gasteiger partial charge >= 0.3 is 0 Å². The van der Waals surface area contributed by atoms with Crippen LogP contribution in [0.4, 0.5) is 0 Å². The molecule has 0 radical (unpaired) electrons. The molecule has 0 spiro atoms. The van der Waals surface area contributed by atoms with Gasteiger partial charge in [0.25, 0.3) is 0 Å². The van der Waals surface area contributed by atoms with Crippen LogP contribution in [0.5, 0.6) is 0 Å². The number of rotatable bonds is 3. The van der Waals surface area contributed by atoms with Gasteiger partial charge in [-0.25, -0.2) is 0 Å². The van der Waals surface area contributed by atoms with Gasteiger partial charge in [-0.1, -0.05) is 0 Å². The molecule has 94 valence electrons. The number of hydrogen-bond acceptors (Lipinski definition) is 4. The summed E-state index contributed by atoms with van der Waals surface area (Å²) >= 11 is 0. The molecule has 2 unspecified atom stereocenters. The van der Waals surface area contributed by atoms with Gasteiger partial charge in [-0.3, -0.25) is 9.59 Å². The molecule has 0 aromatic heterocycles. The maximum Gasteiger partial charge on any atom is 0.242 e. The van der Waals surface area contributed by atoms with Gasteiger partial charge in [0.1, 0.15) is 5.60 Å². The second-order valence-corrected chi connectivity index (χ2v) is 4.63. The van der Waals surface area contributed by atoms with Gasteiger partial charge in [0.15, 0.2) is 11.2 Å². The molecule has 5 nitrogen and oxygen atoms in total. The summed E-state index contributed by atoms with van der Waals surface area (Å²) < 4.78 is 5.47. The zero-order chi connectivity index (χ0) is 13.1. The lowest BCUT2D eigenvalue weighted by molar-refractivity contribution is -0.161. The fourth-order valence-corrected chi connectivity index (χ4v) is 1.80. The lowest BCUT2D eigenvalue weighted by Gasteiger charge is -2.39. The standard InChI is InChI=1S/C12H18N2O3/c1-4-14-10(16)12(7-13)6-5-11(3,9(2)15)17-8-12/h4-6,8H2,1-3H3,(H,14,16). The van der Waals surface area contributed by atoms with E-state index < -0.39 is 11.0 Å². The lowest BCUT2D eigenvalue weighted by atomic mass is 9.77. The summed E-state index contributed by atoms with van der Waals surface area (Å²) in [7, 11) is 0. The minimum Gasteiger partial charge on any atom is -0.365 e. The van der Waals surface area contributed by atoms with E-state index in [0.717, 1.165) is 0 Å². The number of nitrogens with one attached hydrogen (secondary N) is 1. The number of nitrogens with zero attached hydrogens (tertiary/aromatic N) is 1. The van der Waals surface area contributed by atoms with E-state index in [1.807, 2.05) is 6.07 Å². The zero-order valence-corrected chi connectivity index (χ0v) is 10.5. The molecule has 1 fully saturated rings. The SMILES string of the molecule is CCNC(=O)C1(C#N)CCC(C)(C(C)=O)OC1. The number of carbonyl (C=O) groups is 2. The lowest BCUT2D eigenvalue weighted by Crippen LogP contribution is -2.52. The van der Waals surface area contributed by atoms with Crippen LogP contribution in [-0.4, -0.2) is 30.4 Å². The molecule has 1 aliphatic rings. The fourth-order valence-electron chi connectivity index (χ4n) is 1.80. The van der Waals surface area contributed by atoms with Crippen molar-refractivity contribution >= 4 is 11.7 Å². The monoisotopic (exact) mass is 238 g/mol. The Morgan fingerprint density at radius 2 is 2.12 bits per heavy atom. The molecule has 0 bridgehead atoms. The molecule has 1 N–H and O–H groups in total. The Morgan fingerprint density at radius 3 is 2.47 bits per heavy atom. The summed E-state index contributed by atoms with van der Waals surface area (Å²) in [5, 5.41) is 11.8. The Kier molecular flexibility index (Phi) is 3.89. The van der Waals surface area contributed by atoms with Crippen molar-refractivity contribution in [2.24, 2.45) is 5.41 Å². The van der Waals surface area contributed by atoms with Gasteiger partial charge in [-0.15, -0.1) is 0 Å². The maximum absolute atomic E-state index is 11.8. The number of nitriles is 1. The Hall–Kier alpha value is -1.41. The predicted octanol–water partition coefficient (Wildman–Crippen LogP) is 0.791. The van der Waals surface area contributed by atoms with Gasteiger partial charge in [0, 0.05) is 6.54 Å². The number of ketones is 1. The summed E-state index contributed by atoms with van der Waals surface area (Å²) in [6, 6.07) is 2.03. The molecule has 1 saturated heterocycles. The molecule has 1 heterocycles. The van der Waals surface area contributed by atoms with Crippen molar-refractivity contribution in [2.45, 2.75) is 39.2 Å². The predicted molar refractivity (Wildman–Crippen MR) is 61.0 cm³/mol. The molecule has 1 aliphatic heterocycles. The zero-order valence-electron chi connectivity index (χ0n) is 10.5. The van der Waals surface area contributed by atoms with Crippen LogP contribution in [0.1, 0.15) is 33.6 Å². The summed E-state index contributed by atoms with van der Waals surface area (Å²) in [6.07, 6.45) is 0.748. The first kappa shape index (κ1) is 13.7. The highest BCUT2D eigenvalue weighted by molar-refractivity contribution is 5.87. The average molecular weight is 238 g/mol. The second-order valence-electron chi connectivity index (χ2n) is 4.63. The third kappa shape index (κ3) is 2.47. The van der Waals surface area contributed by atoms with Crippen LogP contribution in [-0.2, 0) is 14.3 Å². The molecular formula is C12H18N2O3. The van der Waals surface area contributed by atoms with Gasteiger partial charge in [-0.05, 0) is 33.6 Å². The van der Waals surface area contributed by atoms with Crippen molar-refractivity contribution in [3.63, 3.8) is 0 Å². The molecule has 17 heavy (non-hydrogen) atoms. The van der Waals surface area contributed by atoms with Crippen LogP contribution >= 0.6 is 0 Å². The fraction of sp³-hybridized carbons (Fsp3) is 0.750. The van der Waals surface area contributed by atoms with E-state index in [1.165, 1.54) is 6.92 Å². The number of amides is 1. The molecule has 0 aliphatic carbocycles. The topological polar surface area (TPSA) is 79.2 Å². The van der Waals surface area contributed by atoms with Crippen LogP contribution < -0.4 is 5.32 Å². The first-order valence-electron chi connectivity index (χ1n) is 5.75. The highest BCUT2D eigenvalue weighted by atomic mass is 16.5. The minimum atomic E-state index is -1.15. The Labute approximate surface area is 101 Å². The Morgan fingerprint density at radius 1 is 1.47 bits per heavy atom. The third-order valence-electron chi connectivity index (χ3n) is 3.40. The number of ether oxygens (including phenoxy) is 1. The Bertz CT molecular complexity index is 362. The molecular weight excluding hydrogens is 220 g/mol. The molecule has 0 aromatic carbocycles. The first-order chi connectivity index (χ1) is 7.90. The number of hydrogen-bond donors (Lipinski definition) is 1. The van der Waals surface area contributed by atoms with E-state index >= 15 is 0 Å². The van der Waals surface area contributed by atoms with Gasteiger partial charge in [0.05, 0.1) is 12.7 Å². The van der Waals surface area contributed by atoms with E-state index in [1.54, 1.807) is 13.8 Å². The van der Waals surface area contributed by atoms with E-state index in [4.69, 9.17) is 4.74 Å². The number of Topliss-reactive ketones (excluding diaryl/α,β-unsaturated/α-hetero) is 1. The van der Waals surface area contributed by atoms with Gasteiger partial charge in [0.2, 0.25) is 5.91 Å². The van der Waals surface area contributed by atoms with E-state index in [-0.39, 0.29) is 18.3 Å². The summed E-state index contributed by atoms with van der Waals surface area (Å²) in [5.74, 6) is -0.381. The van der Waals surface area contributed by atoms with Crippen molar-refractivity contribution in [1.29, 1.82) is 5.26 Å². The molecule has 1 amide bonds. The van der Waals surface area contributed by atoms with E-state index in [0.29, 0.717) is 19.4 Å². The van der Waals surface area contributed by atoms with E-state index in [2.05, 4.69) is 5.32 Å². The Balaban J connectivity index is 2.81. The van der Waals surface area contributed by atoms with Crippen LogP contribution in [0.15, 0.2) is 0 Å². The van der Waals surface area contributed by atoms with Crippen LogP contribution in [0.25, 0.3) is 0 Å². The highest BCUT2D eigenvalue weighted by Crippen LogP contribution is 2.36. The van der Waals surface area contributed by atoms with Crippen LogP contribution in [0.3, 0.4) is 0 Å². The number of carbonyl (C=O) groups excluding carboxylic acids is 2.